The van der Waals surface area contributed by atoms with E-state index in [1.165, 1.54) is 31.4 Å². The van der Waals surface area contributed by atoms with Gasteiger partial charge in [-0.3, -0.25) is 9.88 Å². The topological polar surface area (TPSA) is 104 Å². The van der Waals surface area contributed by atoms with E-state index in [9.17, 15) is 14.0 Å². The largest absolute Gasteiger partial charge is 0.495 e. The second-order valence-electron chi connectivity index (χ2n) is 14.7. The summed E-state index contributed by atoms with van der Waals surface area (Å²) >= 11 is 7.41. The van der Waals surface area contributed by atoms with Gasteiger partial charge in [-0.25, -0.2) is 27.7 Å². The Labute approximate surface area is 317 Å². The van der Waals surface area contributed by atoms with Gasteiger partial charge in [-0.15, -0.1) is 0 Å². The third-order valence-electron chi connectivity index (χ3n) is 7.79. The lowest BCUT2D eigenvalue weighted by Gasteiger charge is -2.28. The minimum Gasteiger partial charge on any atom is -0.495 e. The zero-order chi connectivity index (χ0) is 39.3. The molecular weight excluding hydrogens is 729 g/mol. The van der Waals surface area contributed by atoms with Crippen molar-refractivity contribution >= 4 is 41.4 Å². The number of alkyl carbamates (subject to hydrolysis) is 1. The molecule has 4 aromatic rings. The molecule has 0 spiro atoms. The maximum Gasteiger partial charge on any atom is 0.435 e. The van der Waals surface area contributed by atoms with Crippen LogP contribution in [0.3, 0.4) is 0 Å². The monoisotopic (exact) mass is 772 g/mol. The summed E-state index contributed by atoms with van der Waals surface area (Å²) in [5.74, 6) is -1.69. The van der Waals surface area contributed by atoms with Gasteiger partial charge in [-0.05, 0) is 108 Å². The van der Waals surface area contributed by atoms with Crippen LogP contribution in [0.5, 0.6) is 5.75 Å². The summed E-state index contributed by atoms with van der Waals surface area (Å²) in [6.07, 6.45) is -0.125. The molecule has 0 saturated heterocycles. The van der Waals surface area contributed by atoms with Crippen molar-refractivity contribution in [2.45, 2.75) is 95.8 Å². The number of methoxy groups -OCH3 is 1. The van der Waals surface area contributed by atoms with Gasteiger partial charge in [-0.1, -0.05) is 43.3 Å². The van der Waals surface area contributed by atoms with E-state index in [2.05, 4.69) is 15.3 Å². The summed E-state index contributed by atoms with van der Waals surface area (Å²) in [5.41, 5.74) is -0.0213. The molecular formula is C39H44ClF3N4O5S. The molecule has 1 aromatic heterocycles. The van der Waals surface area contributed by atoms with Crippen molar-refractivity contribution in [1.29, 1.82) is 0 Å². The Morgan fingerprint density at radius 3 is 2.11 bits per heavy atom. The SMILES string of the molecule is COc1cc(C(C)(C)c2cnc(SCc3c(F)cc(CCC(=NC(=O)OC(C)(C)C)NC(=O)OC(C)(C)C)cc3F)n2-c2ccc(F)cc2)ccc1Cl. The highest BCUT2D eigenvalue weighted by atomic mass is 35.5. The molecule has 0 radical (unpaired) electrons. The van der Waals surface area contributed by atoms with E-state index in [0.717, 1.165) is 23.0 Å². The number of carbonyl (C=O) groups is 2. The summed E-state index contributed by atoms with van der Waals surface area (Å²) in [6, 6.07) is 13.7. The molecule has 1 heterocycles. The quantitative estimate of drug-likeness (QED) is 0.0972. The van der Waals surface area contributed by atoms with Gasteiger partial charge >= 0.3 is 12.2 Å². The van der Waals surface area contributed by atoms with Crippen LogP contribution in [0, 0.1) is 17.5 Å². The van der Waals surface area contributed by atoms with Gasteiger partial charge in [0.25, 0.3) is 0 Å². The van der Waals surface area contributed by atoms with Gasteiger partial charge < -0.3 is 14.2 Å². The van der Waals surface area contributed by atoms with Gasteiger partial charge in [0.05, 0.1) is 24.0 Å². The van der Waals surface area contributed by atoms with E-state index < -0.39 is 46.3 Å². The van der Waals surface area contributed by atoms with Crippen molar-refractivity contribution in [3.63, 3.8) is 0 Å². The number of aromatic nitrogens is 2. The zero-order valence-electron chi connectivity index (χ0n) is 31.2. The smallest absolute Gasteiger partial charge is 0.435 e. The molecule has 9 nitrogen and oxygen atoms in total. The maximum atomic E-state index is 15.6. The number of rotatable bonds is 10. The number of amides is 2. The van der Waals surface area contributed by atoms with E-state index in [1.807, 2.05) is 30.5 Å². The third kappa shape index (κ3) is 11.3. The average molecular weight is 773 g/mol. The molecule has 0 saturated carbocycles. The van der Waals surface area contributed by atoms with Gasteiger partial charge in [0.15, 0.2) is 5.16 Å². The Balaban J connectivity index is 1.59. The number of hydrogen-bond acceptors (Lipinski definition) is 7. The van der Waals surface area contributed by atoms with E-state index in [0.29, 0.717) is 21.6 Å². The third-order valence-corrected chi connectivity index (χ3v) is 9.08. The van der Waals surface area contributed by atoms with Gasteiger partial charge in [0, 0.05) is 28.8 Å². The summed E-state index contributed by atoms with van der Waals surface area (Å²) < 4.78 is 62.9. The van der Waals surface area contributed by atoms with E-state index in [4.69, 9.17) is 25.8 Å². The highest BCUT2D eigenvalue weighted by Crippen LogP contribution is 2.39. The van der Waals surface area contributed by atoms with E-state index >= 15 is 8.78 Å². The molecule has 284 valence electrons. The van der Waals surface area contributed by atoms with Crippen LogP contribution in [-0.2, 0) is 27.1 Å². The molecule has 2 amide bonds. The second-order valence-corrected chi connectivity index (χ2v) is 16.1. The predicted molar refractivity (Wildman–Crippen MR) is 201 cm³/mol. The van der Waals surface area contributed by atoms with E-state index in [-0.39, 0.29) is 35.6 Å². The van der Waals surface area contributed by atoms with Crippen molar-refractivity contribution in [1.82, 2.24) is 14.9 Å². The lowest BCUT2D eigenvalue weighted by molar-refractivity contribution is 0.0561. The Hall–Kier alpha value is -4.49. The maximum absolute atomic E-state index is 15.6. The molecule has 1 N–H and O–H groups in total. The van der Waals surface area contributed by atoms with Crippen LogP contribution < -0.4 is 10.1 Å². The van der Waals surface area contributed by atoms with Crippen LogP contribution in [0.4, 0.5) is 22.8 Å². The Morgan fingerprint density at radius 1 is 0.906 bits per heavy atom. The fourth-order valence-electron chi connectivity index (χ4n) is 5.21. The van der Waals surface area contributed by atoms with Crippen molar-refractivity contribution in [2.24, 2.45) is 4.99 Å². The van der Waals surface area contributed by atoms with Gasteiger partial charge in [0.2, 0.25) is 0 Å². The number of halogens is 4. The van der Waals surface area contributed by atoms with Crippen molar-refractivity contribution in [2.75, 3.05) is 7.11 Å². The Kier molecular flexibility index (Phi) is 13.0. The molecule has 53 heavy (non-hydrogen) atoms. The fourth-order valence-corrected chi connectivity index (χ4v) is 6.42. The lowest BCUT2D eigenvalue weighted by atomic mass is 9.81. The molecule has 14 heteroatoms. The van der Waals surface area contributed by atoms with Gasteiger partial charge in [-0.2, -0.15) is 4.99 Å². The number of imidazole rings is 1. The van der Waals surface area contributed by atoms with Crippen molar-refractivity contribution in [3.8, 4) is 11.4 Å². The Bertz CT molecular complexity index is 1960. The van der Waals surface area contributed by atoms with Crippen LogP contribution in [-0.4, -0.2) is 45.9 Å². The summed E-state index contributed by atoms with van der Waals surface area (Å²) in [6.45, 7) is 14.0. The number of carbonyl (C=O) groups excluding carboxylic acids is 2. The van der Waals surface area contributed by atoms with Gasteiger partial charge in [0.1, 0.15) is 40.2 Å². The molecule has 3 aromatic carbocycles. The number of amidine groups is 1. The number of aliphatic imine (C=N–C) groups is 1. The second kappa shape index (κ2) is 16.7. The zero-order valence-corrected chi connectivity index (χ0v) is 32.8. The summed E-state index contributed by atoms with van der Waals surface area (Å²) in [7, 11) is 1.53. The number of hydrogen-bond donors (Lipinski definition) is 1. The number of nitrogens with one attached hydrogen (secondary N) is 1. The summed E-state index contributed by atoms with van der Waals surface area (Å²) in [4.78, 5) is 33.4. The number of aryl methyl sites for hydroxylation is 1. The standard InChI is InChI=1S/C39H44ClF3N4O5S/c1-37(2,3)51-35(48)45-33(46-36(49)52-38(4,5)6)17-10-23-18-29(42)27(30(43)19-23)22-53-34-44-21-32(47(34)26-14-12-25(41)13-15-26)39(7,8)24-11-16-28(40)31(20-24)50-9/h11-16,18-21H,10,17,22H2,1-9H3,(H,45,46,48,49). The molecule has 0 aliphatic heterocycles. The van der Waals surface area contributed by atoms with Crippen LogP contribution in [0.2, 0.25) is 5.02 Å². The molecule has 0 atom stereocenters. The minimum absolute atomic E-state index is 0.0294. The molecule has 0 fully saturated rings. The highest BCUT2D eigenvalue weighted by Gasteiger charge is 2.31. The first-order valence-corrected chi connectivity index (χ1v) is 18.1. The predicted octanol–water partition coefficient (Wildman–Crippen LogP) is 10.4. The number of ether oxygens (including phenoxy) is 3. The van der Waals surface area contributed by atoms with Crippen molar-refractivity contribution in [3.05, 3.63) is 106 Å². The van der Waals surface area contributed by atoms with E-state index in [1.54, 1.807) is 65.9 Å². The number of benzene rings is 3. The Morgan fingerprint density at radius 2 is 1.53 bits per heavy atom. The van der Waals surface area contributed by atoms with Crippen LogP contribution >= 0.6 is 23.4 Å². The van der Waals surface area contributed by atoms with Crippen LogP contribution in [0.25, 0.3) is 5.69 Å². The molecule has 0 aliphatic carbocycles. The molecule has 0 aliphatic rings. The fraction of sp³-hybridized carbons (Fsp3) is 0.385. The molecule has 0 bridgehead atoms. The highest BCUT2D eigenvalue weighted by molar-refractivity contribution is 7.98. The first kappa shape index (κ1) is 41.3. The lowest BCUT2D eigenvalue weighted by Crippen LogP contribution is -2.37. The number of nitrogens with zero attached hydrogens (tertiary/aromatic N) is 3. The average Bonchev–Trinajstić information content (AvgIpc) is 3.46. The van der Waals surface area contributed by atoms with Crippen LogP contribution in [0.15, 0.2) is 70.9 Å². The first-order chi connectivity index (χ1) is 24.7. The first-order valence-electron chi connectivity index (χ1n) is 16.7. The normalized spacial score (nSPS) is 12.4. The minimum atomic E-state index is -0.938. The van der Waals surface area contributed by atoms with Crippen LogP contribution in [0.1, 0.15) is 84.2 Å². The molecule has 0 unspecified atom stereocenters. The number of thioether (sulfide) groups is 1. The molecule has 4 rings (SSSR count). The summed E-state index contributed by atoms with van der Waals surface area (Å²) in [5, 5.41) is 3.33. The van der Waals surface area contributed by atoms with Crippen molar-refractivity contribution < 1.29 is 37.0 Å².